The molecule has 2 aromatic heterocycles. The van der Waals surface area contributed by atoms with Crippen molar-refractivity contribution in [3.63, 3.8) is 0 Å². The Kier molecular flexibility index (Phi) is 9.19. The Morgan fingerprint density at radius 3 is 2.33 bits per heavy atom. The lowest BCUT2D eigenvalue weighted by Crippen LogP contribution is -2.35. The molecule has 0 aliphatic rings. The molecule has 2 heterocycles. The minimum absolute atomic E-state index is 0.228. The number of pyridine rings is 1. The number of H-pyrrole nitrogens is 1. The fourth-order valence-corrected chi connectivity index (χ4v) is 5.72. The summed E-state index contributed by atoms with van der Waals surface area (Å²) in [6.07, 6.45) is 0.722. The molecule has 0 fully saturated rings. The maximum atomic E-state index is 13.9. The summed E-state index contributed by atoms with van der Waals surface area (Å²) in [6.45, 7) is 1.43. The second-order valence-electron chi connectivity index (χ2n) is 10.7. The van der Waals surface area contributed by atoms with Crippen molar-refractivity contribution in [3.8, 4) is 11.5 Å². The highest BCUT2D eigenvalue weighted by Gasteiger charge is 2.31. The van der Waals surface area contributed by atoms with Crippen LogP contribution in [0.4, 0.5) is 0 Å². The molecule has 0 aliphatic heterocycles. The summed E-state index contributed by atoms with van der Waals surface area (Å²) < 4.78 is 12.7. The molecule has 228 valence electrons. The summed E-state index contributed by atoms with van der Waals surface area (Å²) in [5.41, 5.74) is 4.09. The third-order valence-electron chi connectivity index (χ3n) is 7.88. The first-order valence-corrected chi connectivity index (χ1v) is 15.0. The zero-order chi connectivity index (χ0) is 31.2. The molecule has 4 aromatic carbocycles. The van der Waals surface area contributed by atoms with Gasteiger partial charge < -0.3 is 14.5 Å². The number of hydrogen-bond donors (Lipinski definition) is 1. The van der Waals surface area contributed by atoms with Crippen molar-refractivity contribution in [2.45, 2.75) is 32.1 Å². The number of tetrazole rings is 1. The first-order valence-electron chi connectivity index (χ1n) is 14.6. The van der Waals surface area contributed by atoms with E-state index in [1.165, 1.54) is 0 Å². The SMILES string of the molecule is COc1ccc(CN(Cc2ccccc2Cl)[C@H](c2cc3cc(OC)ccc3[nH]c2=O)c2nnnn2CCc2ccccc2)cc1. The monoisotopic (exact) mass is 620 g/mol. The predicted octanol–water partition coefficient (Wildman–Crippen LogP) is 6.22. The molecule has 0 radical (unpaired) electrons. The van der Waals surface area contributed by atoms with Crippen LogP contribution in [0, 0.1) is 0 Å². The van der Waals surface area contributed by atoms with Gasteiger partial charge in [-0.1, -0.05) is 72.3 Å². The Hall–Kier alpha value is -4.99. The van der Waals surface area contributed by atoms with E-state index in [1.807, 2.05) is 91.0 Å². The Bertz CT molecular complexity index is 1940. The third kappa shape index (κ3) is 6.90. The van der Waals surface area contributed by atoms with Crippen molar-refractivity contribution in [2.75, 3.05) is 14.2 Å². The summed E-state index contributed by atoms with van der Waals surface area (Å²) in [6, 6.07) is 32.7. The van der Waals surface area contributed by atoms with E-state index in [9.17, 15) is 4.79 Å². The fourth-order valence-electron chi connectivity index (χ4n) is 5.53. The second-order valence-corrected chi connectivity index (χ2v) is 11.2. The lowest BCUT2D eigenvalue weighted by Gasteiger charge is -2.31. The number of aromatic nitrogens is 5. The number of benzene rings is 4. The number of methoxy groups -OCH3 is 2. The Labute approximate surface area is 266 Å². The molecule has 0 aliphatic carbocycles. The van der Waals surface area contributed by atoms with Gasteiger partial charge in [-0.25, -0.2) is 4.68 Å². The summed E-state index contributed by atoms with van der Waals surface area (Å²) in [5.74, 6) is 2.01. The zero-order valence-electron chi connectivity index (χ0n) is 25.1. The van der Waals surface area contributed by atoms with E-state index in [4.69, 9.17) is 21.1 Å². The minimum Gasteiger partial charge on any atom is -0.497 e. The van der Waals surface area contributed by atoms with E-state index >= 15 is 0 Å². The minimum atomic E-state index is -0.631. The van der Waals surface area contributed by atoms with E-state index in [2.05, 4.69) is 37.5 Å². The van der Waals surface area contributed by atoms with Crippen molar-refractivity contribution >= 4 is 22.5 Å². The number of hydrogen-bond acceptors (Lipinski definition) is 7. The van der Waals surface area contributed by atoms with Crippen molar-refractivity contribution in [1.29, 1.82) is 0 Å². The molecule has 0 saturated heterocycles. The van der Waals surface area contributed by atoms with Crippen LogP contribution < -0.4 is 15.0 Å². The van der Waals surface area contributed by atoms with Gasteiger partial charge in [-0.15, -0.1) is 5.10 Å². The van der Waals surface area contributed by atoms with Gasteiger partial charge in [-0.05, 0) is 76.0 Å². The zero-order valence-corrected chi connectivity index (χ0v) is 25.8. The van der Waals surface area contributed by atoms with E-state index < -0.39 is 6.04 Å². The van der Waals surface area contributed by atoms with Gasteiger partial charge in [-0.3, -0.25) is 9.69 Å². The Morgan fingerprint density at radius 1 is 0.844 bits per heavy atom. The molecule has 10 heteroatoms. The van der Waals surface area contributed by atoms with Gasteiger partial charge in [0, 0.05) is 41.1 Å². The number of halogens is 1. The second kappa shape index (κ2) is 13.8. The average Bonchev–Trinajstić information content (AvgIpc) is 3.53. The molecule has 45 heavy (non-hydrogen) atoms. The van der Waals surface area contributed by atoms with Gasteiger partial charge in [0.25, 0.3) is 5.56 Å². The van der Waals surface area contributed by atoms with Crippen LogP contribution in [0.25, 0.3) is 10.9 Å². The smallest absolute Gasteiger partial charge is 0.253 e. The fraction of sp³-hybridized carbons (Fsp3) is 0.200. The molecule has 0 amide bonds. The van der Waals surface area contributed by atoms with E-state index in [0.717, 1.165) is 34.2 Å². The summed E-state index contributed by atoms with van der Waals surface area (Å²) in [7, 11) is 3.27. The summed E-state index contributed by atoms with van der Waals surface area (Å²) in [4.78, 5) is 19.2. The molecule has 0 saturated carbocycles. The maximum absolute atomic E-state index is 13.9. The molecule has 9 nitrogen and oxygen atoms in total. The van der Waals surface area contributed by atoms with Gasteiger partial charge in [0.2, 0.25) is 0 Å². The molecule has 0 spiro atoms. The molecule has 1 N–H and O–H groups in total. The molecular weight excluding hydrogens is 588 g/mol. The summed E-state index contributed by atoms with van der Waals surface area (Å²) in [5, 5.41) is 14.5. The first kappa shape index (κ1) is 30.1. The van der Waals surface area contributed by atoms with Crippen LogP contribution in [0.15, 0.2) is 108 Å². The highest BCUT2D eigenvalue weighted by Crippen LogP contribution is 2.32. The average molecular weight is 621 g/mol. The van der Waals surface area contributed by atoms with Crippen LogP contribution in [0.5, 0.6) is 11.5 Å². The normalized spacial score (nSPS) is 12.0. The Balaban J connectivity index is 1.50. The molecule has 0 unspecified atom stereocenters. The van der Waals surface area contributed by atoms with Gasteiger partial charge in [0.05, 0.1) is 14.2 Å². The third-order valence-corrected chi connectivity index (χ3v) is 8.24. The number of fused-ring (bicyclic) bond motifs is 1. The maximum Gasteiger partial charge on any atom is 0.253 e. The lowest BCUT2D eigenvalue weighted by molar-refractivity contribution is 0.193. The molecule has 6 aromatic rings. The van der Waals surface area contributed by atoms with Crippen molar-refractivity contribution in [1.82, 2.24) is 30.1 Å². The van der Waals surface area contributed by atoms with Crippen molar-refractivity contribution < 1.29 is 9.47 Å². The van der Waals surface area contributed by atoms with Crippen molar-refractivity contribution in [2.24, 2.45) is 0 Å². The lowest BCUT2D eigenvalue weighted by atomic mass is 10.0. The van der Waals surface area contributed by atoms with Crippen LogP contribution in [-0.4, -0.2) is 44.3 Å². The van der Waals surface area contributed by atoms with E-state index in [-0.39, 0.29) is 5.56 Å². The highest BCUT2D eigenvalue weighted by molar-refractivity contribution is 6.31. The molecular formula is C35H33ClN6O3. The largest absolute Gasteiger partial charge is 0.497 e. The number of nitrogens with one attached hydrogen (secondary N) is 1. The van der Waals surface area contributed by atoms with Gasteiger partial charge >= 0.3 is 0 Å². The van der Waals surface area contributed by atoms with Crippen LogP contribution in [0.3, 0.4) is 0 Å². The molecule has 1 atom stereocenters. The quantitative estimate of drug-likeness (QED) is 0.173. The van der Waals surface area contributed by atoms with Crippen LogP contribution >= 0.6 is 11.6 Å². The van der Waals surface area contributed by atoms with Gasteiger partial charge in [0.15, 0.2) is 5.82 Å². The number of aryl methyl sites for hydroxylation is 2. The number of nitrogens with zero attached hydrogens (tertiary/aromatic N) is 5. The van der Waals surface area contributed by atoms with Crippen LogP contribution in [-0.2, 0) is 26.1 Å². The highest BCUT2D eigenvalue weighted by atomic mass is 35.5. The van der Waals surface area contributed by atoms with E-state index in [1.54, 1.807) is 18.9 Å². The number of rotatable bonds is 12. The molecule has 6 rings (SSSR count). The number of aromatic amines is 1. The number of ether oxygens (including phenoxy) is 2. The van der Waals surface area contributed by atoms with Crippen molar-refractivity contribution in [3.05, 3.63) is 147 Å². The van der Waals surface area contributed by atoms with Gasteiger partial charge in [0.1, 0.15) is 17.5 Å². The van der Waals surface area contributed by atoms with Gasteiger partial charge in [-0.2, -0.15) is 0 Å². The topological polar surface area (TPSA) is 98.2 Å². The molecule has 0 bridgehead atoms. The Morgan fingerprint density at radius 2 is 1.58 bits per heavy atom. The van der Waals surface area contributed by atoms with Crippen LogP contribution in [0.2, 0.25) is 5.02 Å². The first-order chi connectivity index (χ1) is 22.0. The van der Waals surface area contributed by atoms with E-state index in [0.29, 0.717) is 47.3 Å². The standard InChI is InChI=1S/C35H33ClN6O3/c1-44-28-14-12-25(13-15-28)22-41(23-26-10-6-7-11-31(26)36)33(30-21-27-20-29(45-2)16-17-32(27)37-35(30)43)34-38-39-40-42(34)19-18-24-8-4-3-5-9-24/h3-17,20-21,33H,18-19,22-23H2,1-2H3,(H,37,43)/t33-/m1/s1. The summed E-state index contributed by atoms with van der Waals surface area (Å²) >= 11 is 6.71. The van der Waals surface area contributed by atoms with Crippen LogP contribution in [0.1, 0.15) is 34.1 Å². The predicted molar refractivity (Wildman–Crippen MR) is 175 cm³/mol.